The van der Waals surface area contributed by atoms with Gasteiger partial charge in [-0.15, -0.1) is 0 Å². The Labute approximate surface area is 165 Å². The Morgan fingerprint density at radius 2 is 1.44 bits per heavy atom. The maximum absolute atomic E-state index is 12.4. The van der Waals surface area contributed by atoms with Gasteiger partial charge < -0.3 is 18.2 Å². The lowest BCUT2D eigenvalue weighted by Gasteiger charge is -2.39. The van der Waals surface area contributed by atoms with Gasteiger partial charge in [0.25, 0.3) is 0 Å². The van der Waals surface area contributed by atoms with Crippen LogP contribution in [-0.2, 0) is 32.4 Å². The van der Waals surface area contributed by atoms with Crippen LogP contribution in [0.1, 0.15) is 54.4 Å². The maximum Gasteiger partial charge on any atom is 0.337 e. The van der Waals surface area contributed by atoms with Crippen LogP contribution in [0.25, 0.3) is 0 Å². The molecule has 0 saturated heterocycles. The molecule has 0 bridgehead atoms. The summed E-state index contributed by atoms with van der Waals surface area (Å²) in [5.74, 6) is -0.769. The molecule has 0 aromatic carbocycles. The summed E-state index contributed by atoms with van der Waals surface area (Å²) in [5.41, 5.74) is -0.621. The van der Waals surface area contributed by atoms with Gasteiger partial charge in [0.1, 0.15) is 17.5 Å². The zero-order chi connectivity index (χ0) is 21.7. The van der Waals surface area contributed by atoms with Crippen molar-refractivity contribution in [3.05, 3.63) is 0 Å². The van der Waals surface area contributed by atoms with Crippen LogP contribution in [0.2, 0.25) is 18.1 Å². The molecule has 0 aromatic rings. The molecule has 0 fully saturated rings. The van der Waals surface area contributed by atoms with E-state index >= 15 is 0 Å². The molecule has 0 aliphatic rings. The minimum atomic E-state index is -3.45. The summed E-state index contributed by atoms with van der Waals surface area (Å²) in [6.07, 6.45) is -1.09. The Balaban J connectivity index is 5.32. The molecule has 0 rings (SSSR count). The highest BCUT2D eigenvalue weighted by atomic mass is 31.2. The van der Waals surface area contributed by atoms with E-state index in [1.165, 1.54) is 14.2 Å². The summed E-state index contributed by atoms with van der Waals surface area (Å²) >= 11 is 0. The van der Waals surface area contributed by atoms with E-state index in [9.17, 15) is 14.2 Å². The molecule has 0 heterocycles. The molecule has 0 N–H and O–H groups in total. The van der Waals surface area contributed by atoms with Gasteiger partial charge in [0.05, 0.1) is 12.5 Å². The van der Waals surface area contributed by atoms with Crippen LogP contribution in [0.4, 0.5) is 0 Å². The molecule has 0 spiro atoms. The number of ketones is 1. The summed E-state index contributed by atoms with van der Waals surface area (Å²) in [5, 5.41) is -0.0867. The first-order valence-electron chi connectivity index (χ1n) is 9.06. The number of ether oxygens (including phenoxy) is 1. The predicted octanol–water partition coefficient (Wildman–Crippen LogP) is 4.55. The molecular formula is C18H37O7PSi. The SMILES string of the molecule is COP(=O)(CC(=O)C[C@@H](CC(=O)OC(C)(C)C)O[Si](C)(C)C(C)(C)C)OC. The lowest BCUT2D eigenvalue weighted by atomic mass is 10.1. The second kappa shape index (κ2) is 9.79. The molecule has 0 saturated carbocycles. The van der Waals surface area contributed by atoms with E-state index in [2.05, 4.69) is 33.9 Å². The topological polar surface area (TPSA) is 88.1 Å². The largest absolute Gasteiger partial charge is 0.460 e. The van der Waals surface area contributed by atoms with Crippen LogP contribution >= 0.6 is 7.60 Å². The fraction of sp³-hybridized carbons (Fsp3) is 0.889. The van der Waals surface area contributed by atoms with E-state index in [0.717, 1.165) is 0 Å². The molecule has 7 nitrogen and oxygen atoms in total. The molecule has 160 valence electrons. The predicted molar refractivity (Wildman–Crippen MR) is 109 cm³/mol. The van der Waals surface area contributed by atoms with E-state index in [1.54, 1.807) is 20.8 Å². The van der Waals surface area contributed by atoms with Gasteiger partial charge in [0.15, 0.2) is 8.32 Å². The number of Topliss-reactive ketones (excluding diaryl/α,β-unsaturated/α-hetero) is 1. The lowest BCUT2D eigenvalue weighted by Crippen LogP contribution is -2.45. The third-order valence-electron chi connectivity index (χ3n) is 4.46. The standard InChI is InChI=1S/C18H37O7PSi/c1-17(2,3)24-16(20)12-15(25-27(9,10)18(4,5)6)11-14(19)13-26(21,22-7)23-8/h15H,11-13H2,1-10H3/t15-/m0/s1. The molecule has 1 atom stereocenters. The minimum absolute atomic E-state index is 0.0419. The van der Waals surface area contributed by atoms with Crippen LogP contribution in [0.15, 0.2) is 0 Å². The van der Waals surface area contributed by atoms with Crippen LogP contribution < -0.4 is 0 Å². The number of hydrogen-bond acceptors (Lipinski definition) is 7. The maximum atomic E-state index is 12.4. The second-order valence-corrected chi connectivity index (χ2v) is 16.2. The van der Waals surface area contributed by atoms with Crippen molar-refractivity contribution in [1.82, 2.24) is 0 Å². The van der Waals surface area contributed by atoms with E-state index in [0.29, 0.717) is 0 Å². The van der Waals surface area contributed by atoms with Crippen molar-refractivity contribution in [2.24, 2.45) is 0 Å². The Morgan fingerprint density at radius 3 is 1.81 bits per heavy atom. The van der Waals surface area contributed by atoms with Crippen molar-refractivity contribution in [3.63, 3.8) is 0 Å². The number of hydrogen-bond donors (Lipinski definition) is 0. The van der Waals surface area contributed by atoms with Gasteiger partial charge >= 0.3 is 13.6 Å². The molecule has 27 heavy (non-hydrogen) atoms. The van der Waals surface area contributed by atoms with Crippen molar-refractivity contribution < 1.29 is 32.4 Å². The average molecular weight is 425 g/mol. The van der Waals surface area contributed by atoms with Crippen LogP contribution in [0.3, 0.4) is 0 Å². The molecule has 0 aliphatic carbocycles. The molecule has 0 aromatic heterocycles. The van der Waals surface area contributed by atoms with Gasteiger partial charge in [0, 0.05) is 20.6 Å². The summed E-state index contributed by atoms with van der Waals surface area (Å²) in [7, 11) is -3.21. The van der Waals surface area contributed by atoms with Crippen molar-refractivity contribution in [3.8, 4) is 0 Å². The summed E-state index contributed by atoms with van der Waals surface area (Å²) in [6, 6.07) is 0. The van der Waals surface area contributed by atoms with Crippen molar-refractivity contribution in [2.45, 2.75) is 84.2 Å². The monoisotopic (exact) mass is 424 g/mol. The number of rotatable bonds is 10. The fourth-order valence-corrected chi connectivity index (χ4v) is 4.38. The lowest BCUT2D eigenvalue weighted by molar-refractivity contribution is -0.156. The van der Waals surface area contributed by atoms with Crippen LogP contribution in [0, 0.1) is 0 Å². The molecular weight excluding hydrogens is 387 g/mol. The highest BCUT2D eigenvalue weighted by molar-refractivity contribution is 7.54. The van der Waals surface area contributed by atoms with Crippen molar-refractivity contribution in [1.29, 1.82) is 0 Å². The average Bonchev–Trinajstić information content (AvgIpc) is 2.42. The van der Waals surface area contributed by atoms with Crippen molar-refractivity contribution in [2.75, 3.05) is 20.4 Å². The van der Waals surface area contributed by atoms with Gasteiger partial charge in [-0.3, -0.25) is 14.2 Å². The van der Waals surface area contributed by atoms with Crippen LogP contribution in [0.5, 0.6) is 0 Å². The first-order chi connectivity index (χ1) is 11.9. The van der Waals surface area contributed by atoms with E-state index in [1.807, 2.05) is 0 Å². The molecule has 0 unspecified atom stereocenters. The summed E-state index contributed by atoms with van der Waals surface area (Å²) < 4.78 is 33.5. The summed E-state index contributed by atoms with van der Waals surface area (Å²) in [6.45, 7) is 15.7. The smallest absolute Gasteiger partial charge is 0.337 e. The van der Waals surface area contributed by atoms with Crippen LogP contribution in [-0.4, -0.2) is 52.2 Å². The first kappa shape index (κ1) is 26.5. The van der Waals surface area contributed by atoms with Gasteiger partial charge in [-0.1, -0.05) is 20.8 Å². The second-order valence-electron chi connectivity index (χ2n) is 9.17. The zero-order valence-electron chi connectivity index (χ0n) is 18.5. The number of carbonyl (C=O) groups is 2. The number of carbonyl (C=O) groups excluding carboxylic acids is 2. The van der Waals surface area contributed by atoms with E-state index < -0.39 is 33.6 Å². The van der Waals surface area contributed by atoms with E-state index in [4.69, 9.17) is 18.2 Å². The number of esters is 1. The van der Waals surface area contributed by atoms with Gasteiger partial charge in [-0.2, -0.15) is 0 Å². The zero-order valence-corrected chi connectivity index (χ0v) is 20.4. The fourth-order valence-electron chi connectivity index (χ4n) is 2.06. The Hall–Kier alpha value is -0.533. The normalized spacial score (nSPS) is 14.7. The molecule has 0 amide bonds. The van der Waals surface area contributed by atoms with Gasteiger partial charge in [0.2, 0.25) is 0 Å². The minimum Gasteiger partial charge on any atom is -0.460 e. The highest BCUT2D eigenvalue weighted by Crippen LogP contribution is 2.46. The highest BCUT2D eigenvalue weighted by Gasteiger charge is 2.40. The molecule has 0 radical (unpaired) electrons. The molecule has 0 aliphatic heterocycles. The Kier molecular flexibility index (Phi) is 9.59. The van der Waals surface area contributed by atoms with Gasteiger partial charge in [-0.05, 0) is 38.9 Å². The third-order valence-corrected chi connectivity index (χ3v) is 10.9. The van der Waals surface area contributed by atoms with Gasteiger partial charge in [-0.25, -0.2) is 0 Å². The first-order valence-corrected chi connectivity index (χ1v) is 13.7. The summed E-state index contributed by atoms with van der Waals surface area (Å²) in [4.78, 5) is 24.7. The Bertz CT molecular complexity index is 553. The van der Waals surface area contributed by atoms with Crippen molar-refractivity contribution >= 4 is 27.7 Å². The quantitative estimate of drug-likeness (QED) is 0.289. The van der Waals surface area contributed by atoms with E-state index in [-0.39, 0.29) is 29.8 Å². The third kappa shape index (κ3) is 9.99. The molecule has 9 heteroatoms. The Morgan fingerprint density at radius 1 is 0.963 bits per heavy atom.